The third-order valence-electron chi connectivity index (χ3n) is 3.27. The summed E-state index contributed by atoms with van der Waals surface area (Å²) in [6.07, 6.45) is 0.515. The van der Waals surface area contributed by atoms with Gasteiger partial charge in [-0.1, -0.05) is 18.2 Å². The topological polar surface area (TPSA) is 37.4 Å². The number of hydrogen-bond donors (Lipinski definition) is 0. The first kappa shape index (κ1) is 15.4. The Morgan fingerprint density at radius 3 is 2.33 bits per heavy atom. The number of ketones is 1. The fourth-order valence-corrected chi connectivity index (χ4v) is 3.01. The van der Waals surface area contributed by atoms with E-state index in [0.29, 0.717) is 6.54 Å². The fraction of sp³-hybridized carbons (Fsp3) is 0.294. The van der Waals surface area contributed by atoms with Crippen molar-refractivity contribution in [3.8, 4) is 0 Å². The highest BCUT2D eigenvalue weighted by Gasteiger charge is 2.16. The molecule has 0 radical (unpaired) electrons. The lowest BCUT2D eigenvalue weighted by Gasteiger charge is -2.20. The third-order valence-corrected chi connectivity index (χ3v) is 4.31. The molecule has 1 heterocycles. The van der Waals surface area contributed by atoms with Gasteiger partial charge in [-0.2, -0.15) is 0 Å². The SMILES string of the molecule is CCN(C(=O)CCC(=O)c1ccc(C)s1)c1ccccc1. The van der Waals surface area contributed by atoms with Crippen LogP contribution in [-0.4, -0.2) is 18.2 Å². The largest absolute Gasteiger partial charge is 0.313 e. The summed E-state index contributed by atoms with van der Waals surface area (Å²) < 4.78 is 0. The molecule has 0 saturated carbocycles. The monoisotopic (exact) mass is 301 g/mol. The first-order valence-electron chi connectivity index (χ1n) is 7.07. The van der Waals surface area contributed by atoms with E-state index >= 15 is 0 Å². The lowest BCUT2D eigenvalue weighted by molar-refractivity contribution is -0.118. The molecule has 0 N–H and O–H groups in total. The summed E-state index contributed by atoms with van der Waals surface area (Å²) in [4.78, 5) is 27.9. The lowest BCUT2D eigenvalue weighted by Crippen LogP contribution is -2.30. The average molecular weight is 301 g/mol. The number of nitrogens with zero attached hydrogens (tertiary/aromatic N) is 1. The van der Waals surface area contributed by atoms with E-state index in [2.05, 4.69) is 0 Å². The summed E-state index contributed by atoms with van der Waals surface area (Å²) in [5.74, 6) is 0.0379. The van der Waals surface area contributed by atoms with Crippen LogP contribution in [0, 0.1) is 6.92 Å². The van der Waals surface area contributed by atoms with Gasteiger partial charge in [0.05, 0.1) is 4.88 Å². The van der Waals surface area contributed by atoms with Crippen LogP contribution >= 0.6 is 11.3 Å². The molecule has 0 aliphatic heterocycles. The molecule has 2 rings (SSSR count). The van der Waals surface area contributed by atoms with Gasteiger partial charge >= 0.3 is 0 Å². The average Bonchev–Trinajstić information content (AvgIpc) is 2.93. The van der Waals surface area contributed by atoms with Crippen molar-refractivity contribution in [2.24, 2.45) is 0 Å². The Morgan fingerprint density at radius 2 is 1.76 bits per heavy atom. The van der Waals surface area contributed by atoms with Crippen molar-refractivity contribution in [1.82, 2.24) is 0 Å². The molecular formula is C17H19NO2S. The predicted octanol–water partition coefficient (Wildman–Crippen LogP) is 4.07. The predicted molar refractivity (Wildman–Crippen MR) is 87.1 cm³/mol. The highest BCUT2D eigenvalue weighted by molar-refractivity contribution is 7.14. The highest BCUT2D eigenvalue weighted by atomic mass is 32.1. The minimum atomic E-state index is -0.00896. The Labute approximate surface area is 129 Å². The number of thiophene rings is 1. The molecule has 0 atom stereocenters. The lowest BCUT2D eigenvalue weighted by atomic mass is 10.1. The van der Waals surface area contributed by atoms with E-state index in [4.69, 9.17) is 0 Å². The van der Waals surface area contributed by atoms with Crippen molar-refractivity contribution in [3.63, 3.8) is 0 Å². The fourth-order valence-electron chi connectivity index (χ4n) is 2.17. The van der Waals surface area contributed by atoms with Gasteiger partial charge in [-0.15, -0.1) is 11.3 Å². The van der Waals surface area contributed by atoms with Crippen LogP contribution in [0.25, 0.3) is 0 Å². The molecule has 4 heteroatoms. The summed E-state index contributed by atoms with van der Waals surface area (Å²) in [6, 6.07) is 13.3. The van der Waals surface area contributed by atoms with Gasteiger partial charge < -0.3 is 4.90 Å². The molecule has 0 bridgehead atoms. The van der Waals surface area contributed by atoms with Gasteiger partial charge in [-0.25, -0.2) is 0 Å². The summed E-state index contributed by atoms with van der Waals surface area (Å²) in [7, 11) is 0. The van der Waals surface area contributed by atoms with E-state index in [1.54, 1.807) is 4.90 Å². The van der Waals surface area contributed by atoms with Crippen LogP contribution in [0.5, 0.6) is 0 Å². The van der Waals surface area contributed by atoms with Gasteiger partial charge in [0.2, 0.25) is 5.91 Å². The number of anilines is 1. The number of carbonyl (C=O) groups excluding carboxylic acids is 2. The maximum atomic E-state index is 12.3. The first-order chi connectivity index (χ1) is 10.1. The van der Waals surface area contributed by atoms with Crippen LogP contribution in [0.4, 0.5) is 5.69 Å². The number of hydrogen-bond acceptors (Lipinski definition) is 3. The molecule has 2 aromatic rings. The van der Waals surface area contributed by atoms with E-state index in [1.807, 2.05) is 56.3 Å². The van der Waals surface area contributed by atoms with Crippen LogP contribution in [0.1, 0.15) is 34.3 Å². The molecule has 0 spiro atoms. The molecule has 0 aliphatic carbocycles. The molecule has 21 heavy (non-hydrogen) atoms. The number of carbonyl (C=O) groups is 2. The number of amides is 1. The molecule has 3 nitrogen and oxygen atoms in total. The minimum absolute atomic E-state index is 0.00896. The molecule has 0 saturated heterocycles. The Morgan fingerprint density at radius 1 is 1.05 bits per heavy atom. The Kier molecular flexibility index (Phi) is 5.28. The molecule has 1 amide bonds. The summed E-state index contributed by atoms with van der Waals surface area (Å²) in [5, 5.41) is 0. The highest BCUT2D eigenvalue weighted by Crippen LogP contribution is 2.19. The second-order valence-corrected chi connectivity index (χ2v) is 6.09. The van der Waals surface area contributed by atoms with Crippen molar-refractivity contribution in [2.45, 2.75) is 26.7 Å². The van der Waals surface area contributed by atoms with Crippen molar-refractivity contribution in [2.75, 3.05) is 11.4 Å². The van der Waals surface area contributed by atoms with Gasteiger partial charge in [0.25, 0.3) is 0 Å². The van der Waals surface area contributed by atoms with Crippen LogP contribution in [0.15, 0.2) is 42.5 Å². The number of rotatable bonds is 6. The molecule has 0 fully saturated rings. The van der Waals surface area contributed by atoms with Crippen molar-refractivity contribution in [1.29, 1.82) is 0 Å². The number of Topliss-reactive ketones (excluding diaryl/α,β-unsaturated/α-hetero) is 1. The molecule has 1 aromatic carbocycles. The van der Waals surface area contributed by atoms with Crippen LogP contribution in [0.2, 0.25) is 0 Å². The van der Waals surface area contributed by atoms with Gasteiger partial charge in [0, 0.05) is 30.0 Å². The standard InChI is InChI=1S/C17H19NO2S/c1-3-18(14-7-5-4-6-8-14)17(20)12-10-15(19)16-11-9-13(2)21-16/h4-9,11H,3,10,12H2,1-2H3. The normalized spacial score (nSPS) is 10.4. The third kappa shape index (κ3) is 4.02. The van der Waals surface area contributed by atoms with Crippen molar-refractivity contribution >= 4 is 28.7 Å². The molecule has 110 valence electrons. The van der Waals surface area contributed by atoms with Crippen LogP contribution in [-0.2, 0) is 4.79 Å². The summed E-state index contributed by atoms with van der Waals surface area (Å²) >= 11 is 1.48. The zero-order valence-corrected chi connectivity index (χ0v) is 13.2. The van der Waals surface area contributed by atoms with Crippen molar-refractivity contribution in [3.05, 3.63) is 52.2 Å². The van der Waals surface area contributed by atoms with Gasteiger partial charge in [0.1, 0.15) is 0 Å². The van der Waals surface area contributed by atoms with Crippen LogP contribution in [0.3, 0.4) is 0 Å². The smallest absolute Gasteiger partial charge is 0.227 e. The number of benzene rings is 1. The number of para-hydroxylation sites is 1. The Bertz CT molecular complexity index is 619. The van der Waals surface area contributed by atoms with Crippen LogP contribution < -0.4 is 4.90 Å². The second-order valence-electron chi connectivity index (χ2n) is 4.81. The van der Waals surface area contributed by atoms with E-state index in [0.717, 1.165) is 15.4 Å². The molecule has 1 aromatic heterocycles. The zero-order chi connectivity index (χ0) is 15.2. The molecular weight excluding hydrogens is 282 g/mol. The maximum absolute atomic E-state index is 12.3. The minimum Gasteiger partial charge on any atom is -0.313 e. The van der Waals surface area contributed by atoms with E-state index in [1.165, 1.54) is 11.3 Å². The van der Waals surface area contributed by atoms with E-state index in [9.17, 15) is 9.59 Å². The quantitative estimate of drug-likeness (QED) is 0.754. The second kappa shape index (κ2) is 7.18. The maximum Gasteiger partial charge on any atom is 0.227 e. The van der Waals surface area contributed by atoms with Crippen molar-refractivity contribution < 1.29 is 9.59 Å². The summed E-state index contributed by atoms with van der Waals surface area (Å²) in [5.41, 5.74) is 0.879. The Hall–Kier alpha value is -1.94. The zero-order valence-electron chi connectivity index (χ0n) is 12.3. The molecule has 0 aliphatic rings. The van der Waals surface area contributed by atoms with E-state index < -0.39 is 0 Å². The van der Waals surface area contributed by atoms with E-state index in [-0.39, 0.29) is 24.5 Å². The first-order valence-corrected chi connectivity index (χ1v) is 7.88. The van der Waals surface area contributed by atoms with Gasteiger partial charge in [-0.3, -0.25) is 9.59 Å². The summed E-state index contributed by atoms with van der Waals surface area (Å²) in [6.45, 7) is 4.52. The Balaban J connectivity index is 1.96. The molecule has 0 unspecified atom stereocenters. The number of aryl methyl sites for hydroxylation is 1. The van der Waals surface area contributed by atoms with Gasteiger partial charge in [0.15, 0.2) is 5.78 Å². The van der Waals surface area contributed by atoms with Gasteiger partial charge in [-0.05, 0) is 38.1 Å².